The maximum absolute atomic E-state index is 15.3. The molecule has 38 heavy (non-hydrogen) atoms. The predicted molar refractivity (Wildman–Crippen MR) is 145 cm³/mol. The first-order chi connectivity index (χ1) is 18.6. The molecule has 6 rings (SSSR count). The van der Waals surface area contributed by atoms with Crippen molar-refractivity contribution in [2.24, 2.45) is 0 Å². The van der Waals surface area contributed by atoms with Gasteiger partial charge in [0.15, 0.2) is 5.65 Å². The molecule has 0 spiro atoms. The minimum absolute atomic E-state index is 0.129. The fourth-order valence-electron chi connectivity index (χ4n) is 5.06. The van der Waals surface area contributed by atoms with Crippen LogP contribution in [0.15, 0.2) is 84.9 Å². The van der Waals surface area contributed by atoms with Gasteiger partial charge in [0.1, 0.15) is 23.1 Å². The number of benzene rings is 3. The van der Waals surface area contributed by atoms with E-state index in [9.17, 15) is 9.50 Å². The Bertz CT molecular complexity index is 1560. The molecule has 0 unspecified atom stereocenters. The molecule has 5 aromatic rings. The van der Waals surface area contributed by atoms with Crippen LogP contribution >= 0.6 is 0 Å². The van der Waals surface area contributed by atoms with Crippen molar-refractivity contribution in [1.82, 2.24) is 19.5 Å². The lowest BCUT2D eigenvalue weighted by Gasteiger charge is -2.35. The van der Waals surface area contributed by atoms with Crippen LogP contribution in [0.25, 0.3) is 39.3 Å². The first kappa shape index (κ1) is 24.2. The predicted octanol–water partition coefficient (Wildman–Crippen LogP) is 5.12. The van der Waals surface area contributed by atoms with Crippen LogP contribution in [-0.4, -0.2) is 63.9 Å². The zero-order valence-corrected chi connectivity index (χ0v) is 20.8. The average molecular weight is 512 g/mol. The summed E-state index contributed by atoms with van der Waals surface area (Å²) < 4.78 is 31.0. The Morgan fingerprint density at radius 3 is 2.13 bits per heavy atom. The van der Waals surface area contributed by atoms with E-state index >= 15 is 4.39 Å². The highest BCUT2D eigenvalue weighted by atomic mass is 19.1. The molecule has 1 aliphatic rings. The van der Waals surface area contributed by atoms with Gasteiger partial charge in [-0.05, 0) is 12.1 Å². The summed E-state index contributed by atoms with van der Waals surface area (Å²) in [5.74, 6) is -0.449. The van der Waals surface area contributed by atoms with Crippen LogP contribution < -0.4 is 4.90 Å². The number of hydrogen-bond donors (Lipinski definition) is 1. The van der Waals surface area contributed by atoms with Gasteiger partial charge in [-0.15, -0.1) is 0 Å². The number of aromatic nitrogens is 3. The maximum Gasteiger partial charge on any atom is 0.166 e. The molecule has 0 amide bonds. The minimum atomic E-state index is -0.664. The molecule has 192 valence electrons. The van der Waals surface area contributed by atoms with Crippen LogP contribution in [0, 0.1) is 11.6 Å². The van der Waals surface area contributed by atoms with Crippen molar-refractivity contribution in [2.45, 2.75) is 0 Å². The van der Waals surface area contributed by atoms with Gasteiger partial charge in [0, 0.05) is 61.5 Å². The van der Waals surface area contributed by atoms with Crippen LogP contribution in [0.4, 0.5) is 14.6 Å². The number of hydrogen-bond acceptors (Lipinski definition) is 5. The van der Waals surface area contributed by atoms with Crippen LogP contribution in [0.2, 0.25) is 0 Å². The average Bonchev–Trinajstić information content (AvgIpc) is 3.33. The first-order valence-electron chi connectivity index (χ1n) is 12.7. The van der Waals surface area contributed by atoms with Gasteiger partial charge in [0.25, 0.3) is 0 Å². The standard InChI is InChI=1S/C30H27F2N5O/c31-23-11-12-24(25(32)19-23)28-29(22-9-5-2-6-10-22)34-37-27(36-15-13-35(14-16-36)17-18-38)20-26(33-30(28)37)21-7-3-1-4-8-21/h1-12,19-20,38H,13-18H2. The van der Waals surface area contributed by atoms with Gasteiger partial charge in [-0.2, -0.15) is 9.61 Å². The Morgan fingerprint density at radius 2 is 1.47 bits per heavy atom. The van der Waals surface area contributed by atoms with Crippen molar-refractivity contribution >= 4 is 11.5 Å². The highest BCUT2D eigenvalue weighted by Crippen LogP contribution is 2.39. The third-order valence-corrected chi connectivity index (χ3v) is 7.00. The van der Waals surface area contributed by atoms with E-state index in [0.717, 1.165) is 54.9 Å². The molecular weight excluding hydrogens is 484 g/mol. The van der Waals surface area contributed by atoms with E-state index in [-0.39, 0.29) is 12.2 Å². The second-order valence-corrected chi connectivity index (χ2v) is 9.37. The number of aliphatic hydroxyl groups is 1. The summed E-state index contributed by atoms with van der Waals surface area (Å²) in [6.45, 7) is 3.86. The zero-order chi connectivity index (χ0) is 26.1. The lowest BCUT2D eigenvalue weighted by atomic mass is 10.0. The minimum Gasteiger partial charge on any atom is -0.395 e. The van der Waals surface area contributed by atoms with E-state index in [1.807, 2.05) is 66.7 Å². The van der Waals surface area contributed by atoms with E-state index < -0.39 is 11.6 Å². The molecule has 6 nitrogen and oxygen atoms in total. The molecule has 0 saturated carbocycles. The Morgan fingerprint density at radius 1 is 0.789 bits per heavy atom. The first-order valence-corrected chi connectivity index (χ1v) is 12.7. The van der Waals surface area contributed by atoms with Crippen molar-refractivity contribution in [3.63, 3.8) is 0 Å². The highest BCUT2D eigenvalue weighted by Gasteiger charge is 2.26. The quantitative estimate of drug-likeness (QED) is 0.343. The van der Waals surface area contributed by atoms with E-state index in [0.29, 0.717) is 23.4 Å². The lowest BCUT2D eigenvalue weighted by Crippen LogP contribution is -2.47. The third-order valence-electron chi connectivity index (χ3n) is 7.00. The number of anilines is 1. The van der Waals surface area contributed by atoms with Gasteiger partial charge in [0.05, 0.1) is 17.9 Å². The van der Waals surface area contributed by atoms with Gasteiger partial charge >= 0.3 is 0 Å². The Labute approximate surface area is 219 Å². The lowest BCUT2D eigenvalue weighted by molar-refractivity contribution is 0.188. The van der Waals surface area contributed by atoms with Gasteiger partial charge < -0.3 is 10.0 Å². The molecule has 0 aliphatic carbocycles. The highest BCUT2D eigenvalue weighted by molar-refractivity contribution is 5.92. The molecular formula is C30H27F2N5O. The molecule has 0 radical (unpaired) electrons. The third kappa shape index (κ3) is 4.53. The number of aliphatic hydroxyl groups excluding tert-OH is 1. The molecule has 0 atom stereocenters. The van der Waals surface area contributed by atoms with Crippen molar-refractivity contribution in [1.29, 1.82) is 0 Å². The van der Waals surface area contributed by atoms with E-state index in [1.165, 1.54) is 12.1 Å². The van der Waals surface area contributed by atoms with E-state index in [4.69, 9.17) is 10.1 Å². The summed E-state index contributed by atoms with van der Waals surface area (Å²) in [5.41, 5.74) is 4.34. The van der Waals surface area contributed by atoms with Crippen LogP contribution in [0.1, 0.15) is 0 Å². The van der Waals surface area contributed by atoms with Gasteiger partial charge in [-0.25, -0.2) is 13.8 Å². The number of rotatable bonds is 6. The van der Waals surface area contributed by atoms with Gasteiger partial charge in [0.2, 0.25) is 0 Å². The molecule has 3 aromatic carbocycles. The molecule has 1 fully saturated rings. The summed E-state index contributed by atoms with van der Waals surface area (Å²) in [7, 11) is 0. The summed E-state index contributed by atoms with van der Waals surface area (Å²) in [5, 5.41) is 14.3. The number of β-amino-alcohol motifs (C(OH)–C–C–N with tert-alkyl or cyclic N) is 1. The van der Waals surface area contributed by atoms with E-state index in [1.54, 1.807) is 4.52 Å². The fraction of sp³-hybridized carbons (Fsp3) is 0.200. The summed E-state index contributed by atoms with van der Waals surface area (Å²) in [6, 6.07) is 25.1. The van der Waals surface area contributed by atoms with Gasteiger partial charge in [-0.1, -0.05) is 60.7 Å². The summed E-state index contributed by atoms with van der Waals surface area (Å²) in [4.78, 5) is 9.48. The zero-order valence-electron chi connectivity index (χ0n) is 20.8. The van der Waals surface area contributed by atoms with E-state index in [2.05, 4.69) is 9.80 Å². The largest absolute Gasteiger partial charge is 0.395 e. The van der Waals surface area contributed by atoms with Gasteiger partial charge in [-0.3, -0.25) is 4.90 Å². The summed E-state index contributed by atoms with van der Waals surface area (Å²) in [6.07, 6.45) is 0. The maximum atomic E-state index is 15.3. The monoisotopic (exact) mass is 511 g/mol. The Balaban J connectivity index is 1.61. The molecule has 1 saturated heterocycles. The molecule has 1 aliphatic heterocycles. The molecule has 3 heterocycles. The molecule has 8 heteroatoms. The SMILES string of the molecule is OCCN1CCN(c2cc(-c3ccccc3)nc3c(-c4ccc(F)cc4F)c(-c4ccccc4)nn23)CC1. The van der Waals surface area contributed by atoms with Crippen molar-refractivity contribution in [3.8, 4) is 33.6 Å². The van der Waals surface area contributed by atoms with Crippen LogP contribution in [0.3, 0.4) is 0 Å². The second kappa shape index (κ2) is 10.3. The fourth-order valence-corrected chi connectivity index (χ4v) is 5.06. The number of nitrogens with zero attached hydrogens (tertiary/aromatic N) is 5. The van der Waals surface area contributed by atoms with Crippen LogP contribution in [-0.2, 0) is 0 Å². The van der Waals surface area contributed by atoms with Crippen molar-refractivity contribution in [2.75, 3.05) is 44.2 Å². The number of piperazine rings is 1. The normalized spacial score (nSPS) is 14.3. The second-order valence-electron chi connectivity index (χ2n) is 9.37. The summed E-state index contributed by atoms with van der Waals surface area (Å²) >= 11 is 0. The smallest absolute Gasteiger partial charge is 0.166 e. The number of halogens is 2. The molecule has 2 aromatic heterocycles. The van der Waals surface area contributed by atoms with Crippen molar-refractivity contribution in [3.05, 3.63) is 96.6 Å². The Kier molecular flexibility index (Phi) is 6.57. The van der Waals surface area contributed by atoms with Crippen LogP contribution in [0.5, 0.6) is 0 Å². The topological polar surface area (TPSA) is 56.9 Å². The van der Waals surface area contributed by atoms with Crippen molar-refractivity contribution < 1.29 is 13.9 Å². The molecule has 0 bridgehead atoms. The molecule has 1 N–H and O–H groups in total. The Hall–Kier alpha value is -4.14. The number of fused-ring (bicyclic) bond motifs is 1.